The molecule has 0 rings (SSSR count). The highest BCUT2D eigenvalue weighted by Gasteiger charge is 2.05. The van der Waals surface area contributed by atoms with E-state index in [0.717, 1.165) is 0 Å². The molecule has 0 aliphatic heterocycles. The first-order valence-corrected chi connectivity index (χ1v) is 4.54. The van der Waals surface area contributed by atoms with Gasteiger partial charge in [-0.25, -0.2) is 4.39 Å². The van der Waals surface area contributed by atoms with Gasteiger partial charge in [-0.2, -0.15) is 0 Å². The van der Waals surface area contributed by atoms with E-state index in [4.69, 9.17) is 5.73 Å². The molecule has 2 unspecified atom stereocenters. The lowest BCUT2D eigenvalue weighted by Gasteiger charge is -2.03. The van der Waals surface area contributed by atoms with Crippen molar-refractivity contribution in [2.24, 2.45) is 10.7 Å². The second-order valence-electron chi connectivity index (χ2n) is 1.93. The SMILES string of the molecule is CC.CN=C/C(=C(/C)N)C(F)P. The number of rotatable bonds is 2. The van der Waals surface area contributed by atoms with Gasteiger partial charge in [-0.3, -0.25) is 4.99 Å². The molecule has 0 amide bonds. The number of nitrogens with zero attached hydrogens (tertiary/aromatic N) is 1. The fourth-order valence-corrected chi connectivity index (χ4v) is 0.879. The van der Waals surface area contributed by atoms with Crippen LogP contribution in [0.5, 0.6) is 0 Å². The standard InChI is InChI=1S/C6H12FN2P.C2H6/c1-4(8)5(3-9-2)6(7)10;1-2/h3,6H,8,10H2,1-2H3;1-2H3/b5-4+,9-3?;. The summed E-state index contributed by atoms with van der Waals surface area (Å²) in [5.74, 6) is -1.12. The Morgan fingerprint density at radius 1 is 1.58 bits per heavy atom. The van der Waals surface area contributed by atoms with Crippen molar-refractivity contribution in [3.05, 3.63) is 11.3 Å². The van der Waals surface area contributed by atoms with Crippen LogP contribution in [0.1, 0.15) is 20.8 Å². The highest BCUT2D eigenvalue weighted by atomic mass is 31.0. The molecule has 0 aliphatic rings. The first kappa shape index (κ1) is 14.1. The number of hydrogen-bond donors (Lipinski definition) is 1. The molecule has 0 saturated heterocycles. The van der Waals surface area contributed by atoms with Crippen LogP contribution in [0, 0.1) is 0 Å². The molecule has 12 heavy (non-hydrogen) atoms. The smallest absolute Gasteiger partial charge is 0.141 e. The molecular weight excluding hydrogens is 174 g/mol. The third-order valence-corrected chi connectivity index (χ3v) is 1.38. The minimum atomic E-state index is -1.12. The Balaban J connectivity index is 0. The van der Waals surface area contributed by atoms with E-state index in [9.17, 15) is 4.39 Å². The Morgan fingerprint density at radius 3 is 2.08 bits per heavy atom. The van der Waals surface area contributed by atoms with E-state index >= 15 is 0 Å². The molecule has 0 heterocycles. The molecule has 0 spiro atoms. The molecule has 4 heteroatoms. The van der Waals surface area contributed by atoms with Gasteiger partial charge in [0.15, 0.2) is 0 Å². The van der Waals surface area contributed by atoms with Gasteiger partial charge in [0.2, 0.25) is 0 Å². The van der Waals surface area contributed by atoms with E-state index < -0.39 is 5.91 Å². The van der Waals surface area contributed by atoms with Crippen LogP contribution >= 0.6 is 9.24 Å². The van der Waals surface area contributed by atoms with Crippen molar-refractivity contribution >= 4 is 15.5 Å². The Morgan fingerprint density at radius 2 is 2.00 bits per heavy atom. The van der Waals surface area contributed by atoms with Crippen molar-refractivity contribution in [3.8, 4) is 0 Å². The van der Waals surface area contributed by atoms with Crippen molar-refractivity contribution in [1.82, 2.24) is 0 Å². The van der Waals surface area contributed by atoms with Gasteiger partial charge in [0.25, 0.3) is 0 Å². The molecule has 0 radical (unpaired) electrons. The molecule has 0 bridgehead atoms. The van der Waals surface area contributed by atoms with Gasteiger partial charge in [-0.1, -0.05) is 23.1 Å². The summed E-state index contributed by atoms with van der Waals surface area (Å²) in [6, 6.07) is 0. The zero-order valence-corrected chi connectivity index (χ0v) is 9.29. The van der Waals surface area contributed by atoms with Crippen LogP contribution in [-0.2, 0) is 0 Å². The number of aliphatic imine (C=N–C) groups is 1. The van der Waals surface area contributed by atoms with Crippen LogP contribution in [-0.4, -0.2) is 19.2 Å². The fraction of sp³-hybridized carbons (Fsp3) is 0.625. The number of alkyl halides is 1. The topological polar surface area (TPSA) is 38.4 Å². The lowest BCUT2D eigenvalue weighted by Crippen LogP contribution is -2.05. The van der Waals surface area contributed by atoms with Crippen LogP contribution in [0.25, 0.3) is 0 Å². The second kappa shape index (κ2) is 8.66. The van der Waals surface area contributed by atoms with E-state index in [0.29, 0.717) is 11.3 Å². The third kappa shape index (κ3) is 6.29. The molecule has 2 atom stereocenters. The number of allylic oxidation sites excluding steroid dienone is 2. The molecule has 2 N–H and O–H groups in total. The van der Waals surface area contributed by atoms with Crippen molar-refractivity contribution in [1.29, 1.82) is 0 Å². The van der Waals surface area contributed by atoms with E-state index in [2.05, 4.69) is 4.99 Å². The maximum Gasteiger partial charge on any atom is 0.141 e. The number of halogens is 1. The molecule has 0 aromatic heterocycles. The van der Waals surface area contributed by atoms with Crippen LogP contribution < -0.4 is 5.73 Å². The summed E-state index contributed by atoms with van der Waals surface area (Å²) in [5, 5.41) is 0. The largest absolute Gasteiger partial charge is 0.402 e. The average molecular weight is 192 g/mol. The lowest BCUT2D eigenvalue weighted by molar-refractivity contribution is 0.509. The summed E-state index contributed by atoms with van der Waals surface area (Å²) in [5.41, 5.74) is 6.25. The minimum Gasteiger partial charge on any atom is -0.402 e. The van der Waals surface area contributed by atoms with Crippen LogP contribution in [0.3, 0.4) is 0 Å². The van der Waals surface area contributed by atoms with Crippen LogP contribution in [0.2, 0.25) is 0 Å². The third-order valence-electron chi connectivity index (χ3n) is 1.02. The van der Waals surface area contributed by atoms with Crippen molar-refractivity contribution in [2.45, 2.75) is 26.7 Å². The van der Waals surface area contributed by atoms with Gasteiger partial charge in [-0.05, 0) is 6.92 Å². The van der Waals surface area contributed by atoms with Crippen molar-refractivity contribution in [3.63, 3.8) is 0 Å². The van der Waals surface area contributed by atoms with E-state index in [-0.39, 0.29) is 0 Å². The Bertz CT molecular complexity index is 160. The zero-order chi connectivity index (χ0) is 10.1. The highest BCUT2D eigenvalue weighted by molar-refractivity contribution is 7.17. The van der Waals surface area contributed by atoms with Gasteiger partial charge in [-0.15, -0.1) is 0 Å². The molecule has 0 saturated carbocycles. The molecular formula is C8H18FN2P. The lowest BCUT2D eigenvalue weighted by atomic mass is 10.2. The first-order chi connectivity index (χ1) is 5.59. The van der Waals surface area contributed by atoms with E-state index in [1.807, 2.05) is 23.1 Å². The summed E-state index contributed by atoms with van der Waals surface area (Å²) in [4.78, 5) is 3.66. The quantitative estimate of drug-likeness (QED) is 0.528. The molecule has 0 aromatic rings. The van der Waals surface area contributed by atoms with Gasteiger partial charge < -0.3 is 5.73 Å². The Kier molecular flexibility index (Phi) is 10.2. The molecule has 2 nitrogen and oxygen atoms in total. The van der Waals surface area contributed by atoms with Crippen molar-refractivity contribution in [2.75, 3.05) is 7.05 Å². The second-order valence-corrected chi connectivity index (χ2v) is 2.51. The maximum absolute atomic E-state index is 12.5. The monoisotopic (exact) mass is 192 g/mol. The summed E-state index contributed by atoms with van der Waals surface area (Å²) in [6.07, 6.45) is 1.42. The zero-order valence-electron chi connectivity index (χ0n) is 8.13. The predicted octanol–water partition coefficient (Wildman–Crippen LogP) is 2.12. The number of nitrogens with two attached hydrogens (primary N) is 1. The minimum absolute atomic E-state index is 0.424. The maximum atomic E-state index is 12.5. The Labute approximate surface area is 76.3 Å². The fourth-order valence-electron chi connectivity index (χ4n) is 0.530. The summed E-state index contributed by atoms with van der Waals surface area (Å²) >= 11 is 0. The van der Waals surface area contributed by atoms with Gasteiger partial charge in [0.05, 0.1) is 0 Å². The molecule has 0 aromatic carbocycles. The van der Waals surface area contributed by atoms with E-state index in [1.165, 1.54) is 6.21 Å². The molecule has 0 fully saturated rings. The van der Waals surface area contributed by atoms with Crippen LogP contribution in [0.4, 0.5) is 4.39 Å². The molecule has 72 valence electrons. The summed E-state index contributed by atoms with van der Waals surface area (Å²) in [7, 11) is 3.60. The van der Waals surface area contributed by atoms with Gasteiger partial charge in [0, 0.05) is 24.5 Å². The van der Waals surface area contributed by atoms with E-state index in [1.54, 1.807) is 14.0 Å². The van der Waals surface area contributed by atoms with Crippen LogP contribution in [0.15, 0.2) is 16.3 Å². The van der Waals surface area contributed by atoms with Gasteiger partial charge in [0.1, 0.15) is 5.91 Å². The first-order valence-electron chi connectivity index (χ1n) is 3.87. The average Bonchev–Trinajstić information content (AvgIpc) is 2.03. The predicted molar refractivity (Wildman–Crippen MR) is 57.3 cm³/mol. The number of hydrogen-bond acceptors (Lipinski definition) is 2. The summed E-state index contributed by atoms with van der Waals surface area (Å²) in [6.45, 7) is 5.65. The van der Waals surface area contributed by atoms with Crippen molar-refractivity contribution < 1.29 is 4.39 Å². The van der Waals surface area contributed by atoms with Gasteiger partial charge >= 0.3 is 0 Å². The summed E-state index contributed by atoms with van der Waals surface area (Å²) < 4.78 is 12.5. The normalized spacial score (nSPS) is 14.8. The molecule has 0 aliphatic carbocycles. The highest BCUT2D eigenvalue weighted by Crippen LogP contribution is 2.13. The Hall–Kier alpha value is -0.430.